The fourth-order valence-corrected chi connectivity index (χ4v) is 6.31. The molecule has 1 saturated carbocycles. The van der Waals surface area contributed by atoms with Crippen LogP contribution < -0.4 is 5.69 Å². The molecule has 0 saturated heterocycles. The van der Waals surface area contributed by atoms with E-state index in [0.717, 1.165) is 51.8 Å². The van der Waals surface area contributed by atoms with Gasteiger partial charge in [-0.15, -0.1) is 11.3 Å². The number of aromatic nitrogens is 4. The van der Waals surface area contributed by atoms with E-state index < -0.39 is 0 Å². The van der Waals surface area contributed by atoms with Crippen LogP contribution in [0.4, 0.5) is 0 Å². The Balaban J connectivity index is 1.44. The number of aromatic amines is 1. The first-order chi connectivity index (χ1) is 16.6. The van der Waals surface area contributed by atoms with Crippen LogP contribution in [-0.2, 0) is 6.54 Å². The standard InChI is InChI=1S/C27H26N4O2S/c1-17-7-5-6-10-20(17)31-25-19-13-14-28-26(19)29-15-21(25)30(27(31)33)16-22(32)24-12-11-23(34-24)18-8-3-2-4-9-18/h2-4,8-9,11-15,17,20H,5-7,10,16H2,1H3,(H,28,29)/t17-,20+/m1/s1. The minimum atomic E-state index is -0.113. The molecule has 1 aliphatic rings. The van der Waals surface area contributed by atoms with Crippen LogP contribution in [0.3, 0.4) is 0 Å². The molecule has 0 spiro atoms. The molecule has 34 heavy (non-hydrogen) atoms. The highest BCUT2D eigenvalue weighted by atomic mass is 32.1. The van der Waals surface area contributed by atoms with Crippen molar-refractivity contribution in [2.24, 2.45) is 5.92 Å². The number of hydrogen-bond acceptors (Lipinski definition) is 4. The monoisotopic (exact) mass is 470 g/mol. The molecule has 0 aliphatic heterocycles. The summed E-state index contributed by atoms with van der Waals surface area (Å²) in [7, 11) is 0. The molecule has 4 heterocycles. The minimum absolute atomic E-state index is 0.00971. The molecule has 0 amide bonds. The van der Waals surface area contributed by atoms with Crippen molar-refractivity contribution >= 4 is 39.2 Å². The third-order valence-corrected chi connectivity index (χ3v) is 8.32. The average Bonchev–Trinajstić information content (AvgIpc) is 3.59. The number of ketones is 1. The van der Waals surface area contributed by atoms with Crippen molar-refractivity contribution < 1.29 is 4.79 Å². The Morgan fingerprint density at radius 2 is 1.94 bits per heavy atom. The smallest absolute Gasteiger partial charge is 0.329 e. The van der Waals surface area contributed by atoms with Crippen LogP contribution in [0.1, 0.15) is 48.3 Å². The number of fused-ring (bicyclic) bond motifs is 3. The van der Waals surface area contributed by atoms with Crippen molar-refractivity contribution in [3.8, 4) is 10.4 Å². The summed E-state index contributed by atoms with van der Waals surface area (Å²) < 4.78 is 3.58. The van der Waals surface area contributed by atoms with Crippen LogP contribution in [0, 0.1) is 5.92 Å². The zero-order valence-corrected chi connectivity index (χ0v) is 19.8. The van der Waals surface area contributed by atoms with Crippen LogP contribution in [0.5, 0.6) is 0 Å². The molecule has 1 N–H and O–H groups in total. The third kappa shape index (κ3) is 3.42. The molecule has 5 aromatic rings. The number of carbonyl (C=O) groups is 1. The van der Waals surface area contributed by atoms with Gasteiger partial charge in [0.2, 0.25) is 0 Å². The number of thiophene rings is 1. The van der Waals surface area contributed by atoms with Gasteiger partial charge in [0, 0.05) is 22.5 Å². The molecule has 0 radical (unpaired) electrons. The number of hydrogen-bond donors (Lipinski definition) is 1. The largest absolute Gasteiger partial charge is 0.346 e. The summed E-state index contributed by atoms with van der Waals surface area (Å²) in [5.74, 6) is 0.355. The number of pyridine rings is 1. The Hall–Kier alpha value is -3.45. The van der Waals surface area contributed by atoms with Crippen LogP contribution in [0.2, 0.25) is 0 Å². The number of H-pyrrole nitrogens is 1. The summed E-state index contributed by atoms with van der Waals surface area (Å²) in [6.07, 6.45) is 8.00. The van der Waals surface area contributed by atoms with Gasteiger partial charge in [-0.2, -0.15) is 0 Å². The Bertz CT molecular complexity index is 1560. The molecule has 0 bridgehead atoms. The minimum Gasteiger partial charge on any atom is -0.346 e. The molecular formula is C27H26N4O2S. The Kier molecular flexibility index (Phi) is 5.21. The number of nitrogens with one attached hydrogen (secondary N) is 1. The lowest BCUT2D eigenvalue weighted by atomic mass is 9.85. The van der Waals surface area contributed by atoms with E-state index in [2.05, 4.69) is 16.9 Å². The maximum absolute atomic E-state index is 13.8. The van der Waals surface area contributed by atoms with Crippen LogP contribution in [0.25, 0.3) is 32.5 Å². The number of imidazole rings is 1. The van der Waals surface area contributed by atoms with Crippen molar-refractivity contribution in [3.63, 3.8) is 0 Å². The molecule has 1 aromatic carbocycles. The zero-order valence-electron chi connectivity index (χ0n) is 19.0. The summed E-state index contributed by atoms with van der Waals surface area (Å²) in [6, 6.07) is 16.0. The van der Waals surface area contributed by atoms with E-state index in [0.29, 0.717) is 10.8 Å². The number of Topliss-reactive ketones (excluding diaryl/α,β-unsaturated/α-hetero) is 1. The van der Waals surface area contributed by atoms with Gasteiger partial charge in [0.15, 0.2) is 5.78 Å². The summed E-state index contributed by atoms with van der Waals surface area (Å²) >= 11 is 1.47. The van der Waals surface area contributed by atoms with Gasteiger partial charge in [0.1, 0.15) is 5.65 Å². The lowest BCUT2D eigenvalue weighted by Gasteiger charge is -2.29. The van der Waals surface area contributed by atoms with E-state index in [1.165, 1.54) is 17.8 Å². The number of benzene rings is 1. The highest BCUT2D eigenvalue weighted by molar-refractivity contribution is 7.17. The molecule has 172 valence electrons. The lowest BCUT2D eigenvalue weighted by molar-refractivity contribution is 0.0975. The van der Waals surface area contributed by atoms with E-state index in [1.54, 1.807) is 10.8 Å². The van der Waals surface area contributed by atoms with E-state index >= 15 is 0 Å². The Morgan fingerprint density at radius 3 is 2.76 bits per heavy atom. The lowest BCUT2D eigenvalue weighted by Crippen LogP contribution is -2.33. The second kappa shape index (κ2) is 8.40. The first-order valence-corrected chi connectivity index (χ1v) is 12.7. The van der Waals surface area contributed by atoms with Crippen molar-refractivity contribution in [1.82, 2.24) is 19.1 Å². The first-order valence-electron chi connectivity index (χ1n) is 11.9. The highest BCUT2D eigenvalue weighted by Crippen LogP contribution is 2.36. The normalized spacial score (nSPS) is 18.6. The molecule has 6 nitrogen and oxygen atoms in total. The summed E-state index contributed by atoms with van der Waals surface area (Å²) in [4.78, 5) is 36.6. The molecule has 7 heteroatoms. The van der Waals surface area contributed by atoms with Gasteiger partial charge >= 0.3 is 5.69 Å². The maximum atomic E-state index is 13.8. The number of carbonyl (C=O) groups excluding carboxylic acids is 1. The summed E-state index contributed by atoms with van der Waals surface area (Å²) in [6.45, 7) is 2.24. The average molecular weight is 471 g/mol. The molecule has 1 aliphatic carbocycles. The predicted molar refractivity (Wildman–Crippen MR) is 137 cm³/mol. The van der Waals surface area contributed by atoms with Gasteiger partial charge < -0.3 is 4.98 Å². The topological polar surface area (TPSA) is 72.7 Å². The molecule has 6 rings (SSSR count). The molecule has 4 aromatic heterocycles. The highest BCUT2D eigenvalue weighted by Gasteiger charge is 2.29. The van der Waals surface area contributed by atoms with Gasteiger partial charge in [-0.1, -0.05) is 50.1 Å². The molecular weight excluding hydrogens is 444 g/mol. The van der Waals surface area contributed by atoms with Crippen molar-refractivity contribution in [3.05, 3.63) is 76.3 Å². The fraction of sp³-hybridized carbons (Fsp3) is 0.296. The van der Waals surface area contributed by atoms with E-state index in [9.17, 15) is 9.59 Å². The number of rotatable bonds is 5. The van der Waals surface area contributed by atoms with Gasteiger partial charge in [-0.25, -0.2) is 9.78 Å². The third-order valence-electron chi connectivity index (χ3n) is 7.15. The van der Waals surface area contributed by atoms with E-state index in [-0.39, 0.29) is 24.1 Å². The molecule has 1 fully saturated rings. The van der Waals surface area contributed by atoms with Crippen molar-refractivity contribution in [1.29, 1.82) is 0 Å². The van der Waals surface area contributed by atoms with Crippen LogP contribution >= 0.6 is 11.3 Å². The van der Waals surface area contributed by atoms with Crippen molar-refractivity contribution in [2.45, 2.75) is 45.2 Å². The summed E-state index contributed by atoms with van der Waals surface area (Å²) in [5.41, 5.74) is 3.35. The second-order valence-electron chi connectivity index (χ2n) is 9.25. The van der Waals surface area contributed by atoms with Gasteiger partial charge in [0.05, 0.1) is 28.7 Å². The molecule has 2 atom stereocenters. The van der Waals surface area contributed by atoms with Gasteiger partial charge in [0.25, 0.3) is 0 Å². The quantitative estimate of drug-likeness (QED) is 0.318. The Morgan fingerprint density at radius 1 is 1.12 bits per heavy atom. The SMILES string of the molecule is C[C@@H]1CCCC[C@@H]1n1c(=O)n(CC(=O)c2ccc(-c3ccccc3)s2)c2cnc3[nH]ccc3c21. The van der Waals surface area contributed by atoms with Gasteiger partial charge in [-0.05, 0) is 42.5 Å². The second-order valence-corrected chi connectivity index (χ2v) is 10.3. The zero-order chi connectivity index (χ0) is 23.2. The van der Waals surface area contributed by atoms with Crippen LogP contribution in [-0.4, -0.2) is 24.9 Å². The molecule has 0 unspecified atom stereocenters. The van der Waals surface area contributed by atoms with Gasteiger partial charge in [-0.3, -0.25) is 13.9 Å². The van der Waals surface area contributed by atoms with Crippen LogP contribution in [0.15, 0.2) is 65.7 Å². The fourth-order valence-electron chi connectivity index (χ4n) is 5.37. The number of nitrogens with zero attached hydrogens (tertiary/aromatic N) is 3. The van der Waals surface area contributed by atoms with Crippen molar-refractivity contribution in [2.75, 3.05) is 0 Å². The summed E-state index contributed by atoms with van der Waals surface area (Å²) in [5, 5.41) is 0.932. The predicted octanol–water partition coefficient (Wildman–Crippen LogP) is 6.04. The maximum Gasteiger partial charge on any atom is 0.329 e. The first kappa shape index (κ1) is 21.1. The Labute approximate surface area is 200 Å². The van der Waals surface area contributed by atoms with E-state index in [4.69, 9.17) is 0 Å². The van der Waals surface area contributed by atoms with E-state index in [1.807, 2.05) is 59.3 Å².